The minimum atomic E-state index is -3.43. The molecule has 0 amide bonds. The molecule has 0 unspecified atom stereocenters. The van der Waals surface area contributed by atoms with Crippen molar-refractivity contribution < 1.29 is 13.2 Å². The van der Waals surface area contributed by atoms with Gasteiger partial charge in [0.15, 0.2) is 0 Å². The maximum Gasteiger partial charge on any atom is 0.235 e. The van der Waals surface area contributed by atoms with Gasteiger partial charge in [0.25, 0.3) is 0 Å². The quantitative estimate of drug-likeness (QED) is 0.481. The fourth-order valence-corrected chi connectivity index (χ4v) is 5.31. The topological polar surface area (TPSA) is 88.2 Å². The van der Waals surface area contributed by atoms with Crippen molar-refractivity contribution in [3.63, 3.8) is 0 Å². The zero-order valence-corrected chi connectivity index (χ0v) is 20.3. The first-order valence-electron chi connectivity index (χ1n) is 10.9. The number of hydrogen-bond acceptors (Lipinski definition) is 5. The third-order valence-corrected chi connectivity index (χ3v) is 7.18. The van der Waals surface area contributed by atoms with Crippen LogP contribution in [0.25, 0.3) is 22.3 Å². The van der Waals surface area contributed by atoms with Crippen molar-refractivity contribution in [3.05, 3.63) is 42.1 Å². The average Bonchev–Trinajstić information content (AvgIpc) is 3.06. The molecule has 1 aromatic carbocycles. The van der Waals surface area contributed by atoms with Crippen molar-refractivity contribution >= 4 is 26.6 Å². The van der Waals surface area contributed by atoms with Crippen molar-refractivity contribution in [2.24, 2.45) is 0 Å². The number of nitrogens with zero attached hydrogens (tertiary/aromatic N) is 4. The monoisotopic (exact) mass is 454 g/mol. The van der Waals surface area contributed by atoms with Crippen LogP contribution in [0.2, 0.25) is 0 Å². The van der Waals surface area contributed by atoms with Crippen LogP contribution in [0.15, 0.2) is 36.5 Å². The first-order chi connectivity index (χ1) is 15.1. The van der Waals surface area contributed by atoms with Crippen LogP contribution in [0.5, 0.6) is 5.75 Å². The average molecular weight is 455 g/mol. The number of sulfonamides is 1. The molecule has 7 nitrogen and oxygen atoms in total. The molecular formula is C24H30N4O3S. The second-order valence-electron chi connectivity index (χ2n) is 8.12. The standard InChI is InChI=1S/C24H30N4O3S/c1-7-27-23-13-19(31-17(5)6)10-11-20(23)21(14-25)24(27)22-12-9-18(15-26-22)28(16(3)4)32(29,30)8-2/h9-13,15-17H,7-8H2,1-6H3. The minimum absolute atomic E-state index is 0.0103. The SMILES string of the molecule is CCn1c(-c2ccc(N(C(C)C)S(=O)(=O)CC)cn2)c(C#N)c2ccc(OC(C)C)cc21. The molecule has 0 N–H and O–H groups in total. The number of pyridine rings is 1. The molecule has 2 heterocycles. The maximum absolute atomic E-state index is 12.6. The zero-order valence-electron chi connectivity index (χ0n) is 19.5. The Bertz CT molecular complexity index is 1250. The molecule has 0 bridgehead atoms. The van der Waals surface area contributed by atoms with Crippen LogP contribution in [-0.2, 0) is 16.6 Å². The lowest BCUT2D eigenvalue weighted by atomic mass is 10.1. The highest BCUT2D eigenvalue weighted by molar-refractivity contribution is 7.92. The lowest BCUT2D eigenvalue weighted by molar-refractivity contribution is 0.242. The third-order valence-electron chi connectivity index (χ3n) is 5.21. The fourth-order valence-electron chi connectivity index (χ4n) is 3.96. The second kappa shape index (κ2) is 9.21. The molecule has 8 heteroatoms. The summed E-state index contributed by atoms with van der Waals surface area (Å²) in [6.07, 6.45) is 1.61. The summed E-state index contributed by atoms with van der Waals surface area (Å²) in [5.41, 5.74) is 3.29. The Kier molecular flexibility index (Phi) is 6.79. The molecule has 2 aromatic heterocycles. The molecule has 0 saturated carbocycles. The van der Waals surface area contributed by atoms with E-state index in [0.29, 0.717) is 29.2 Å². The number of nitriles is 1. The molecule has 0 fully saturated rings. The summed E-state index contributed by atoms with van der Waals surface area (Å²) in [5, 5.41) is 10.8. The Morgan fingerprint density at radius 2 is 1.88 bits per heavy atom. The number of aryl methyl sites for hydroxylation is 1. The molecule has 0 spiro atoms. The van der Waals surface area contributed by atoms with E-state index in [1.54, 1.807) is 25.3 Å². The van der Waals surface area contributed by atoms with E-state index in [0.717, 1.165) is 16.7 Å². The summed E-state index contributed by atoms with van der Waals surface area (Å²) in [4.78, 5) is 4.57. The first-order valence-corrected chi connectivity index (χ1v) is 12.5. The molecule has 0 aliphatic carbocycles. The summed E-state index contributed by atoms with van der Waals surface area (Å²) < 4.78 is 34.4. The van der Waals surface area contributed by atoms with Gasteiger partial charge in [-0.15, -0.1) is 0 Å². The molecular weight excluding hydrogens is 424 g/mol. The number of benzene rings is 1. The Morgan fingerprint density at radius 1 is 1.16 bits per heavy atom. The Hall–Kier alpha value is -3.05. The fraction of sp³-hybridized carbons (Fsp3) is 0.417. The Morgan fingerprint density at radius 3 is 2.38 bits per heavy atom. The number of rotatable bonds is 8. The van der Waals surface area contributed by atoms with E-state index in [1.165, 1.54) is 4.31 Å². The predicted octanol–water partition coefficient (Wildman–Crippen LogP) is 4.95. The van der Waals surface area contributed by atoms with Crippen LogP contribution >= 0.6 is 0 Å². The molecule has 0 aliphatic heterocycles. The number of aromatic nitrogens is 2. The van der Waals surface area contributed by atoms with E-state index < -0.39 is 10.0 Å². The summed E-state index contributed by atoms with van der Waals surface area (Å²) >= 11 is 0. The van der Waals surface area contributed by atoms with Gasteiger partial charge in [0.05, 0.1) is 46.2 Å². The highest BCUT2D eigenvalue weighted by atomic mass is 32.2. The van der Waals surface area contributed by atoms with Gasteiger partial charge in [0.1, 0.15) is 11.8 Å². The van der Waals surface area contributed by atoms with E-state index in [-0.39, 0.29) is 17.9 Å². The van der Waals surface area contributed by atoms with Crippen molar-refractivity contribution in [2.45, 2.75) is 60.2 Å². The molecule has 170 valence electrons. The summed E-state index contributed by atoms with van der Waals surface area (Å²) in [6, 6.07) is 11.4. The Balaban J connectivity index is 2.16. The molecule has 0 radical (unpaired) electrons. The normalized spacial score (nSPS) is 11.8. The minimum Gasteiger partial charge on any atom is -0.491 e. The number of anilines is 1. The molecule has 3 aromatic rings. The van der Waals surface area contributed by atoms with Gasteiger partial charge in [0, 0.05) is 24.0 Å². The summed E-state index contributed by atoms with van der Waals surface area (Å²) in [7, 11) is -3.43. The van der Waals surface area contributed by atoms with Crippen molar-refractivity contribution in [3.8, 4) is 23.2 Å². The molecule has 0 aliphatic rings. The van der Waals surface area contributed by atoms with E-state index in [4.69, 9.17) is 4.74 Å². The summed E-state index contributed by atoms with van der Waals surface area (Å²) in [5.74, 6) is 0.757. The molecule has 3 rings (SSSR count). The van der Waals surface area contributed by atoms with Gasteiger partial charge in [-0.2, -0.15) is 5.26 Å². The van der Waals surface area contributed by atoms with E-state index in [9.17, 15) is 13.7 Å². The van der Waals surface area contributed by atoms with Gasteiger partial charge < -0.3 is 9.30 Å². The third kappa shape index (κ3) is 4.30. The van der Waals surface area contributed by atoms with Crippen LogP contribution in [0.3, 0.4) is 0 Å². The van der Waals surface area contributed by atoms with Crippen molar-refractivity contribution in [1.29, 1.82) is 5.26 Å². The van der Waals surface area contributed by atoms with Crippen molar-refractivity contribution in [1.82, 2.24) is 9.55 Å². The largest absolute Gasteiger partial charge is 0.491 e. The highest BCUT2D eigenvalue weighted by Crippen LogP contribution is 2.35. The number of fused-ring (bicyclic) bond motifs is 1. The molecule has 0 saturated heterocycles. The second-order valence-corrected chi connectivity index (χ2v) is 10.3. The van der Waals surface area contributed by atoms with Crippen molar-refractivity contribution in [2.75, 3.05) is 10.1 Å². The summed E-state index contributed by atoms with van der Waals surface area (Å²) in [6.45, 7) is 11.9. The number of ether oxygens (including phenoxy) is 1. The van der Waals surface area contributed by atoms with Crippen LogP contribution in [0.1, 0.15) is 47.1 Å². The smallest absolute Gasteiger partial charge is 0.235 e. The van der Waals surface area contributed by atoms with Gasteiger partial charge in [0.2, 0.25) is 10.0 Å². The van der Waals surface area contributed by atoms with E-state index in [1.807, 2.05) is 57.4 Å². The van der Waals surface area contributed by atoms with Crippen LogP contribution in [0.4, 0.5) is 5.69 Å². The Labute approximate surface area is 190 Å². The predicted molar refractivity (Wildman–Crippen MR) is 128 cm³/mol. The molecule has 32 heavy (non-hydrogen) atoms. The van der Waals surface area contributed by atoms with Gasteiger partial charge in [-0.1, -0.05) is 0 Å². The lowest BCUT2D eigenvalue weighted by Crippen LogP contribution is -2.38. The van der Waals surface area contributed by atoms with Crippen LogP contribution < -0.4 is 9.04 Å². The van der Waals surface area contributed by atoms with Gasteiger partial charge in [-0.3, -0.25) is 9.29 Å². The number of hydrogen-bond donors (Lipinski definition) is 0. The van der Waals surface area contributed by atoms with E-state index in [2.05, 4.69) is 11.1 Å². The first kappa shape index (κ1) is 23.6. The van der Waals surface area contributed by atoms with Crippen LogP contribution in [-0.4, -0.2) is 35.9 Å². The highest BCUT2D eigenvalue weighted by Gasteiger charge is 2.25. The molecule has 0 atom stereocenters. The van der Waals surface area contributed by atoms with E-state index >= 15 is 0 Å². The van der Waals surface area contributed by atoms with Gasteiger partial charge >= 0.3 is 0 Å². The van der Waals surface area contributed by atoms with Crippen LogP contribution in [0, 0.1) is 11.3 Å². The zero-order chi connectivity index (χ0) is 23.6. The van der Waals surface area contributed by atoms with Gasteiger partial charge in [-0.05, 0) is 65.8 Å². The lowest BCUT2D eigenvalue weighted by Gasteiger charge is -2.27. The maximum atomic E-state index is 12.6. The van der Waals surface area contributed by atoms with Gasteiger partial charge in [-0.25, -0.2) is 8.42 Å².